The van der Waals surface area contributed by atoms with Gasteiger partial charge in [0, 0.05) is 17.8 Å². The normalized spacial score (nSPS) is 10.8. The molecule has 3 aromatic rings. The van der Waals surface area contributed by atoms with Gasteiger partial charge in [-0.25, -0.2) is 0 Å². The standard InChI is InChI=1S/C16H15N3O2S/c1-2-19-12-6-7-22-14(12)9-13(19)16(21)18-11-5-3-4-10(8-11)15(17)20/h3-9H,2H2,1H3,(H2,17,20)(H,18,21). The number of benzene rings is 1. The fourth-order valence-corrected chi connectivity index (χ4v) is 3.27. The van der Waals surface area contributed by atoms with Crippen LogP contribution in [0.1, 0.15) is 27.8 Å². The maximum atomic E-state index is 12.5. The zero-order valence-electron chi connectivity index (χ0n) is 12.0. The Morgan fingerprint density at radius 2 is 2.09 bits per heavy atom. The summed E-state index contributed by atoms with van der Waals surface area (Å²) in [5, 5.41) is 4.82. The third-order valence-corrected chi connectivity index (χ3v) is 4.33. The highest BCUT2D eigenvalue weighted by molar-refractivity contribution is 7.17. The average Bonchev–Trinajstić information content (AvgIpc) is 3.07. The number of hydrogen-bond donors (Lipinski definition) is 2. The molecule has 0 saturated heterocycles. The summed E-state index contributed by atoms with van der Waals surface area (Å²) < 4.78 is 3.05. The molecule has 0 atom stereocenters. The molecule has 112 valence electrons. The summed E-state index contributed by atoms with van der Waals surface area (Å²) in [4.78, 5) is 23.7. The van der Waals surface area contributed by atoms with E-state index in [1.54, 1.807) is 35.6 Å². The third-order valence-electron chi connectivity index (χ3n) is 3.48. The number of rotatable bonds is 4. The Bertz CT molecular complexity index is 863. The van der Waals surface area contributed by atoms with Crippen molar-refractivity contribution in [3.8, 4) is 0 Å². The Hall–Kier alpha value is -2.60. The van der Waals surface area contributed by atoms with Crippen LogP contribution in [0.2, 0.25) is 0 Å². The first-order valence-corrected chi connectivity index (χ1v) is 7.76. The van der Waals surface area contributed by atoms with E-state index in [-0.39, 0.29) is 5.91 Å². The fourth-order valence-electron chi connectivity index (χ4n) is 2.45. The van der Waals surface area contributed by atoms with Crippen molar-refractivity contribution in [1.82, 2.24) is 4.57 Å². The highest BCUT2D eigenvalue weighted by atomic mass is 32.1. The van der Waals surface area contributed by atoms with Crippen LogP contribution in [0.5, 0.6) is 0 Å². The van der Waals surface area contributed by atoms with Crippen LogP contribution in [0.4, 0.5) is 5.69 Å². The largest absolute Gasteiger partial charge is 0.366 e. The molecule has 0 aliphatic rings. The number of nitrogens with zero attached hydrogens (tertiary/aromatic N) is 1. The second kappa shape index (κ2) is 5.65. The van der Waals surface area contributed by atoms with Gasteiger partial charge in [0.2, 0.25) is 5.91 Å². The molecular formula is C16H15N3O2S. The Labute approximate surface area is 131 Å². The van der Waals surface area contributed by atoms with Crippen LogP contribution in [0.15, 0.2) is 41.8 Å². The molecule has 3 rings (SSSR count). The highest BCUT2D eigenvalue weighted by Gasteiger charge is 2.16. The number of nitrogens with two attached hydrogens (primary N) is 1. The molecule has 0 unspecified atom stereocenters. The van der Waals surface area contributed by atoms with Crippen molar-refractivity contribution in [2.45, 2.75) is 13.5 Å². The predicted molar refractivity (Wildman–Crippen MR) is 88.4 cm³/mol. The molecule has 1 aromatic carbocycles. The van der Waals surface area contributed by atoms with Crippen LogP contribution in [-0.2, 0) is 6.54 Å². The Balaban J connectivity index is 1.91. The van der Waals surface area contributed by atoms with Gasteiger partial charge in [-0.1, -0.05) is 6.07 Å². The van der Waals surface area contributed by atoms with Gasteiger partial charge in [-0.2, -0.15) is 0 Å². The van der Waals surface area contributed by atoms with E-state index < -0.39 is 5.91 Å². The van der Waals surface area contributed by atoms with Crippen LogP contribution in [0.25, 0.3) is 10.2 Å². The average molecular weight is 313 g/mol. The number of nitrogens with one attached hydrogen (secondary N) is 1. The maximum absolute atomic E-state index is 12.5. The Morgan fingerprint density at radius 1 is 1.27 bits per heavy atom. The number of carbonyl (C=O) groups is 2. The SMILES string of the molecule is CCn1c(C(=O)Nc2cccc(C(N)=O)c2)cc2sccc21. The molecule has 2 heterocycles. The lowest BCUT2D eigenvalue weighted by Gasteiger charge is -2.09. The first-order valence-electron chi connectivity index (χ1n) is 6.88. The summed E-state index contributed by atoms with van der Waals surface area (Å²) >= 11 is 1.61. The summed E-state index contributed by atoms with van der Waals surface area (Å²) in [6.45, 7) is 2.71. The van der Waals surface area contributed by atoms with Gasteiger partial charge in [0.05, 0.1) is 10.2 Å². The molecule has 0 fully saturated rings. The highest BCUT2D eigenvalue weighted by Crippen LogP contribution is 2.26. The van der Waals surface area contributed by atoms with Gasteiger partial charge >= 0.3 is 0 Å². The molecule has 0 spiro atoms. The second-order valence-corrected chi connectivity index (χ2v) is 5.79. The lowest BCUT2D eigenvalue weighted by molar-refractivity contribution is 0.0995. The molecule has 22 heavy (non-hydrogen) atoms. The van der Waals surface area contributed by atoms with Crippen molar-refractivity contribution in [3.63, 3.8) is 0 Å². The number of primary amides is 1. The topological polar surface area (TPSA) is 77.1 Å². The Morgan fingerprint density at radius 3 is 2.82 bits per heavy atom. The Kier molecular flexibility index (Phi) is 3.68. The summed E-state index contributed by atoms with van der Waals surface area (Å²) in [6.07, 6.45) is 0. The number of anilines is 1. The molecule has 2 aromatic heterocycles. The number of hydrogen-bond acceptors (Lipinski definition) is 3. The van der Waals surface area contributed by atoms with Crippen molar-refractivity contribution >= 4 is 39.1 Å². The predicted octanol–water partition coefficient (Wildman–Crippen LogP) is 3.07. The number of amides is 2. The lowest BCUT2D eigenvalue weighted by Crippen LogP contribution is -2.17. The minimum absolute atomic E-state index is 0.202. The lowest BCUT2D eigenvalue weighted by atomic mass is 10.2. The van der Waals surface area contributed by atoms with Crippen molar-refractivity contribution < 1.29 is 9.59 Å². The molecule has 0 aliphatic heterocycles. The van der Waals surface area contributed by atoms with Crippen molar-refractivity contribution in [2.75, 3.05) is 5.32 Å². The number of aromatic nitrogens is 1. The van der Waals surface area contributed by atoms with Gasteiger partial charge in [-0.3, -0.25) is 9.59 Å². The maximum Gasteiger partial charge on any atom is 0.272 e. The van der Waals surface area contributed by atoms with E-state index in [4.69, 9.17) is 5.73 Å². The minimum atomic E-state index is -0.520. The van der Waals surface area contributed by atoms with E-state index in [0.29, 0.717) is 23.5 Å². The van der Waals surface area contributed by atoms with E-state index in [9.17, 15) is 9.59 Å². The first-order chi connectivity index (χ1) is 10.6. The second-order valence-electron chi connectivity index (χ2n) is 4.84. The molecule has 5 nitrogen and oxygen atoms in total. The molecule has 3 N–H and O–H groups in total. The molecular weight excluding hydrogens is 298 g/mol. The monoisotopic (exact) mass is 313 g/mol. The molecule has 6 heteroatoms. The van der Waals surface area contributed by atoms with Gasteiger partial charge in [-0.15, -0.1) is 11.3 Å². The van der Waals surface area contributed by atoms with Gasteiger partial charge in [0.15, 0.2) is 0 Å². The summed E-state index contributed by atoms with van der Waals surface area (Å²) in [6, 6.07) is 10.5. The quantitative estimate of drug-likeness (QED) is 0.776. The first kappa shape index (κ1) is 14.3. The number of fused-ring (bicyclic) bond motifs is 1. The van der Waals surface area contributed by atoms with Gasteiger partial charge in [0.1, 0.15) is 5.69 Å². The van der Waals surface area contributed by atoms with Crippen LogP contribution in [0.3, 0.4) is 0 Å². The zero-order chi connectivity index (χ0) is 15.7. The fraction of sp³-hybridized carbons (Fsp3) is 0.125. The van der Waals surface area contributed by atoms with Crippen LogP contribution in [-0.4, -0.2) is 16.4 Å². The molecule has 0 bridgehead atoms. The van der Waals surface area contributed by atoms with E-state index in [0.717, 1.165) is 10.2 Å². The van der Waals surface area contributed by atoms with E-state index in [1.165, 1.54) is 0 Å². The third kappa shape index (κ3) is 2.48. The van der Waals surface area contributed by atoms with Crippen molar-refractivity contribution in [2.24, 2.45) is 5.73 Å². The van der Waals surface area contributed by atoms with Crippen LogP contribution in [0, 0.1) is 0 Å². The summed E-state index contributed by atoms with van der Waals surface area (Å²) in [7, 11) is 0. The van der Waals surface area contributed by atoms with Crippen LogP contribution < -0.4 is 11.1 Å². The summed E-state index contributed by atoms with van der Waals surface area (Å²) in [5.41, 5.74) is 7.83. The smallest absolute Gasteiger partial charge is 0.272 e. The number of thiophene rings is 1. The van der Waals surface area contributed by atoms with E-state index in [1.807, 2.05) is 29.0 Å². The zero-order valence-corrected chi connectivity index (χ0v) is 12.8. The van der Waals surface area contributed by atoms with Gasteiger partial charge in [-0.05, 0) is 42.6 Å². The van der Waals surface area contributed by atoms with Gasteiger partial charge in [0.25, 0.3) is 5.91 Å². The minimum Gasteiger partial charge on any atom is -0.366 e. The molecule has 2 amide bonds. The molecule has 0 aliphatic carbocycles. The van der Waals surface area contributed by atoms with Gasteiger partial charge < -0.3 is 15.6 Å². The van der Waals surface area contributed by atoms with Crippen molar-refractivity contribution in [1.29, 1.82) is 0 Å². The van der Waals surface area contributed by atoms with Crippen molar-refractivity contribution in [3.05, 3.63) is 53.0 Å². The van der Waals surface area contributed by atoms with E-state index >= 15 is 0 Å². The number of carbonyl (C=O) groups excluding carboxylic acids is 2. The molecule has 0 radical (unpaired) electrons. The number of aryl methyl sites for hydroxylation is 1. The van der Waals surface area contributed by atoms with Crippen LogP contribution >= 0.6 is 11.3 Å². The van der Waals surface area contributed by atoms with E-state index in [2.05, 4.69) is 5.32 Å². The summed E-state index contributed by atoms with van der Waals surface area (Å²) in [5.74, 6) is -0.722. The molecule has 0 saturated carbocycles.